The molecule has 0 unspecified atom stereocenters. The first-order chi connectivity index (χ1) is 7.74. The molecule has 0 radical (unpaired) electrons. The summed E-state index contributed by atoms with van der Waals surface area (Å²) < 4.78 is 0. The van der Waals surface area contributed by atoms with Gasteiger partial charge >= 0.3 is 0 Å². The first-order valence-electron chi connectivity index (χ1n) is 5.27. The van der Waals surface area contributed by atoms with E-state index in [1.54, 1.807) is 6.07 Å². The number of allylic oxidation sites excluding steroid dienone is 2. The van der Waals surface area contributed by atoms with Crippen molar-refractivity contribution in [1.82, 2.24) is 0 Å². The van der Waals surface area contributed by atoms with Gasteiger partial charge in [-0.2, -0.15) is 0 Å². The molecule has 2 N–H and O–H groups in total. The fourth-order valence-corrected chi connectivity index (χ4v) is 1.83. The van der Waals surface area contributed by atoms with E-state index in [-0.39, 0.29) is 11.5 Å². The Morgan fingerprint density at radius 1 is 1.12 bits per heavy atom. The van der Waals surface area contributed by atoms with Crippen molar-refractivity contribution in [1.29, 1.82) is 0 Å². The van der Waals surface area contributed by atoms with Crippen LogP contribution in [0.15, 0.2) is 42.5 Å². The maximum atomic E-state index is 9.74. The Morgan fingerprint density at radius 3 is 2.50 bits per heavy atom. The highest BCUT2D eigenvalue weighted by Crippen LogP contribution is 2.36. The van der Waals surface area contributed by atoms with Gasteiger partial charge in [0.2, 0.25) is 0 Å². The number of hydrogen-bond donors (Lipinski definition) is 2. The van der Waals surface area contributed by atoms with Crippen LogP contribution in [0.25, 0.3) is 10.8 Å². The van der Waals surface area contributed by atoms with Crippen molar-refractivity contribution < 1.29 is 10.2 Å². The van der Waals surface area contributed by atoms with Gasteiger partial charge in [-0.15, -0.1) is 0 Å². The van der Waals surface area contributed by atoms with Crippen molar-refractivity contribution in [3.05, 3.63) is 48.0 Å². The standard InChI is InChI=1S/C14H14O2/c1-2-3-6-10-9-13(15)14(16)12-8-5-4-7-11(10)12/h2-5,7-9,15-16H,6H2,1H3. The second-order valence-corrected chi connectivity index (χ2v) is 3.72. The number of aromatic hydroxyl groups is 2. The molecule has 0 amide bonds. The molecule has 0 saturated carbocycles. The fraction of sp³-hybridized carbons (Fsp3) is 0.143. The van der Waals surface area contributed by atoms with E-state index in [4.69, 9.17) is 0 Å². The van der Waals surface area contributed by atoms with Gasteiger partial charge in [-0.05, 0) is 30.4 Å². The molecule has 0 aliphatic carbocycles. The van der Waals surface area contributed by atoms with E-state index in [1.807, 2.05) is 43.3 Å². The van der Waals surface area contributed by atoms with E-state index in [0.717, 1.165) is 17.4 Å². The van der Waals surface area contributed by atoms with Crippen LogP contribution in [0.3, 0.4) is 0 Å². The molecule has 0 saturated heterocycles. The Kier molecular flexibility index (Phi) is 2.82. The third-order valence-electron chi connectivity index (χ3n) is 2.66. The first-order valence-corrected chi connectivity index (χ1v) is 5.27. The Labute approximate surface area is 94.5 Å². The Morgan fingerprint density at radius 2 is 1.81 bits per heavy atom. The van der Waals surface area contributed by atoms with E-state index in [1.165, 1.54) is 0 Å². The molecule has 0 bridgehead atoms. The van der Waals surface area contributed by atoms with Crippen molar-refractivity contribution in [3.8, 4) is 11.5 Å². The van der Waals surface area contributed by atoms with E-state index in [2.05, 4.69) is 0 Å². The predicted octanol–water partition coefficient (Wildman–Crippen LogP) is 3.37. The molecule has 0 spiro atoms. The highest BCUT2D eigenvalue weighted by molar-refractivity contribution is 5.93. The first kappa shape index (κ1) is 10.6. The molecular weight excluding hydrogens is 200 g/mol. The number of rotatable bonds is 2. The summed E-state index contributed by atoms with van der Waals surface area (Å²) in [5.74, 6) is -0.0990. The van der Waals surface area contributed by atoms with Gasteiger partial charge in [-0.1, -0.05) is 36.4 Å². The van der Waals surface area contributed by atoms with Gasteiger partial charge in [-0.25, -0.2) is 0 Å². The van der Waals surface area contributed by atoms with Crippen LogP contribution in [0.2, 0.25) is 0 Å². The number of phenols is 2. The van der Waals surface area contributed by atoms with Crippen LogP contribution in [0, 0.1) is 0 Å². The number of fused-ring (bicyclic) bond motifs is 1. The van der Waals surface area contributed by atoms with E-state index >= 15 is 0 Å². The van der Waals surface area contributed by atoms with Crippen LogP contribution in [0.4, 0.5) is 0 Å². The molecule has 82 valence electrons. The maximum absolute atomic E-state index is 9.74. The van der Waals surface area contributed by atoms with E-state index in [9.17, 15) is 10.2 Å². The zero-order chi connectivity index (χ0) is 11.5. The summed E-state index contributed by atoms with van der Waals surface area (Å²) in [7, 11) is 0. The minimum absolute atomic E-state index is 0.0418. The quantitative estimate of drug-likeness (QED) is 0.594. The van der Waals surface area contributed by atoms with Crippen molar-refractivity contribution >= 4 is 10.8 Å². The molecule has 2 aromatic rings. The highest BCUT2D eigenvalue weighted by Gasteiger charge is 2.08. The molecule has 2 rings (SSSR count). The molecule has 0 heterocycles. The van der Waals surface area contributed by atoms with E-state index < -0.39 is 0 Å². The molecule has 0 aliphatic rings. The van der Waals surface area contributed by atoms with E-state index in [0.29, 0.717) is 5.39 Å². The summed E-state index contributed by atoms with van der Waals surface area (Å²) in [4.78, 5) is 0. The maximum Gasteiger partial charge on any atom is 0.165 e. The van der Waals surface area contributed by atoms with Crippen molar-refractivity contribution in [2.75, 3.05) is 0 Å². The Bertz CT molecular complexity index is 542. The third kappa shape index (κ3) is 1.74. The molecule has 0 atom stereocenters. The minimum atomic E-state index is -0.0572. The van der Waals surface area contributed by atoms with Crippen LogP contribution in [0.5, 0.6) is 11.5 Å². The van der Waals surface area contributed by atoms with Crippen molar-refractivity contribution in [2.45, 2.75) is 13.3 Å². The van der Waals surface area contributed by atoms with Crippen LogP contribution in [0.1, 0.15) is 12.5 Å². The van der Waals surface area contributed by atoms with Crippen LogP contribution in [-0.2, 0) is 6.42 Å². The summed E-state index contributed by atoms with van der Waals surface area (Å²) in [5.41, 5.74) is 1.02. The van der Waals surface area contributed by atoms with Gasteiger partial charge in [0.15, 0.2) is 11.5 Å². The molecule has 2 aromatic carbocycles. The second kappa shape index (κ2) is 4.27. The molecule has 0 aliphatic heterocycles. The number of hydrogen-bond acceptors (Lipinski definition) is 2. The largest absolute Gasteiger partial charge is 0.504 e. The smallest absolute Gasteiger partial charge is 0.165 e. The number of phenolic OH excluding ortho intramolecular Hbond substituents is 2. The third-order valence-corrected chi connectivity index (χ3v) is 2.66. The zero-order valence-electron chi connectivity index (χ0n) is 9.14. The zero-order valence-corrected chi connectivity index (χ0v) is 9.14. The van der Waals surface area contributed by atoms with Crippen molar-refractivity contribution in [3.63, 3.8) is 0 Å². The van der Waals surface area contributed by atoms with Gasteiger partial charge in [0, 0.05) is 5.39 Å². The van der Waals surface area contributed by atoms with Crippen molar-refractivity contribution in [2.24, 2.45) is 0 Å². The lowest BCUT2D eigenvalue weighted by Gasteiger charge is -2.08. The summed E-state index contributed by atoms with van der Waals surface area (Å²) in [6.45, 7) is 1.96. The normalized spacial score (nSPS) is 11.3. The van der Waals surface area contributed by atoms with Gasteiger partial charge < -0.3 is 10.2 Å². The van der Waals surface area contributed by atoms with Crippen LogP contribution < -0.4 is 0 Å². The lowest BCUT2D eigenvalue weighted by molar-refractivity contribution is 0.408. The molecule has 0 fully saturated rings. The highest BCUT2D eigenvalue weighted by atomic mass is 16.3. The van der Waals surface area contributed by atoms with Gasteiger partial charge in [0.1, 0.15) is 0 Å². The summed E-state index contributed by atoms with van der Waals surface area (Å²) in [6, 6.07) is 9.16. The molecule has 2 nitrogen and oxygen atoms in total. The molecule has 0 aromatic heterocycles. The monoisotopic (exact) mass is 214 g/mol. The van der Waals surface area contributed by atoms with Gasteiger partial charge in [0.25, 0.3) is 0 Å². The van der Waals surface area contributed by atoms with Crippen LogP contribution in [-0.4, -0.2) is 10.2 Å². The second-order valence-electron chi connectivity index (χ2n) is 3.72. The molecular formula is C14H14O2. The average Bonchev–Trinajstić information content (AvgIpc) is 2.32. The summed E-state index contributed by atoms with van der Waals surface area (Å²) in [5, 5.41) is 21.0. The fourth-order valence-electron chi connectivity index (χ4n) is 1.83. The lowest BCUT2D eigenvalue weighted by atomic mass is 10.0. The summed E-state index contributed by atoms with van der Waals surface area (Å²) >= 11 is 0. The minimum Gasteiger partial charge on any atom is -0.504 e. The average molecular weight is 214 g/mol. The number of benzene rings is 2. The van der Waals surface area contributed by atoms with Gasteiger partial charge in [-0.3, -0.25) is 0 Å². The topological polar surface area (TPSA) is 40.5 Å². The van der Waals surface area contributed by atoms with Crippen LogP contribution >= 0.6 is 0 Å². The SMILES string of the molecule is CC=CCc1cc(O)c(O)c2ccccc12. The Hall–Kier alpha value is -1.96. The predicted molar refractivity (Wildman–Crippen MR) is 65.8 cm³/mol. The molecule has 2 heteroatoms. The lowest BCUT2D eigenvalue weighted by Crippen LogP contribution is -1.85. The summed E-state index contributed by atoms with van der Waals surface area (Å²) in [6.07, 6.45) is 4.75. The Balaban J connectivity index is 2.69. The molecule has 16 heavy (non-hydrogen) atoms. The van der Waals surface area contributed by atoms with Gasteiger partial charge in [0.05, 0.1) is 0 Å².